The van der Waals surface area contributed by atoms with Crippen LogP contribution in [0.4, 0.5) is 4.39 Å². The van der Waals surface area contributed by atoms with Crippen molar-refractivity contribution in [1.82, 2.24) is 9.55 Å². The lowest BCUT2D eigenvalue weighted by Gasteiger charge is -2.15. The van der Waals surface area contributed by atoms with Crippen LogP contribution in [0.25, 0.3) is 11.0 Å². The number of hydrogen-bond acceptors (Lipinski definition) is 3. The monoisotopic (exact) mass is 314 g/mol. The third-order valence-electron chi connectivity index (χ3n) is 3.63. The molecule has 0 aliphatic carbocycles. The molecule has 0 N–H and O–H groups in total. The minimum Gasteiger partial charge on any atom is -0.494 e. The van der Waals surface area contributed by atoms with E-state index in [0.717, 1.165) is 29.3 Å². The highest BCUT2D eigenvalue weighted by Crippen LogP contribution is 2.34. The summed E-state index contributed by atoms with van der Waals surface area (Å²) in [5.74, 6) is 3.58. The largest absolute Gasteiger partial charge is 0.494 e. The summed E-state index contributed by atoms with van der Waals surface area (Å²) in [6.07, 6.45) is 1.81. The number of imidazole rings is 1. The number of hydrogen-bond donors (Lipinski definition) is 0. The van der Waals surface area contributed by atoms with Gasteiger partial charge in [-0.2, -0.15) is 11.8 Å². The van der Waals surface area contributed by atoms with E-state index in [2.05, 4.69) is 9.55 Å². The number of methoxy groups -OCH3 is 1. The van der Waals surface area contributed by atoms with Crippen LogP contribution >= 0.6 is 23.4 Å². The first-order valence-electron chi connectivity index (χ1n) is 6.62. The average molecular weight is 315 g/mol. The van der Waals surface area contributed by atoms with E-state index < -0.39 is 0 Å². The molecule has 1 aromatic carbocycles. The van der Waals surface area contributed by atoms with Crippen LogP contribution in [0.15, 0.2) is 12.1 Å². The first-order chi connectivity index (χ1) is 9.74. The van der Waals surface area contributed by atoms with E-state index >= 15 is 0 Å². The molecule has 2 heterocycles. The normalized spacial score (nSPS) is 18.9. The van der Waals surface area contributed by atoms with Gasteiger partial charge in [-0.15, -0.1) is 11.6 Å². The molecule has 0 radical (unpaired) electrons. The van der Waals surface area contributed by atoms with Gasteiger partial charge in [0, 0.05) is 36.2 Å². The number of aryl methyl sites for hydroxylation is 1. The summed E-state index contributed by atoms with van der Waals surface area (Å²) in [7, 11) is 1.48. The number of alkyl halides is 1. The zero-order chi connectivity index (χ0) is 14.1. The van der Waals surface area contributed by atoms with Gasteiger partial charge >= 0.3 is 0 Å². The summed E-state index contributed by atoms with van der Waals surface area (Å²) in [4.78, 5) is 4.56. The lowest BCUT2D eigenvalue weighted by atomic mass is 10.2. The fraction of sp³-hybridized carbons (Fsp3) is 0.500. The van der Waals surface area contributed by atoms with Gasteiger partial charge in [-0.1, -0.05) is 0 Å². The summed E-state index contributed by atoms with van der Waals surface area (Å²) in [5.41, 5.74) is 1.62. The Morgan fingerprint density at radius 1 is 1.55 bits per heavy atom. The Kier molecular flexibility index (Phi) is 4.08. The van der Waals surface area contributed by atoms with Crippen molar-refractivity contribution >= 4 is 34.4 Å². The zero-order valence-electron chi connectivity index (χ0n) is 11.2. The van der Waals surface area contributed by atoms with Gasteiger partial charge in [-0.25, -0.2) is 9.37 Å². The van der Waals surface area contributed by atoms with E-state index in [1.807, 2.05) is 11.8 Å². The van der Waals surface area contributed by atoms with Crippen LogP contribution in [0.3, 0.4) is 0 Å². The Hall–Kier alpha value is -0.940. The molecule has 1 aliphatic heterocycles. The molecule has 6 heteroatoms. The molecule has 1 atom stereocenters. The van der Waals surface area contributed by atoms with Crippen LogP contribution in [0, 0.1) is 5.82 Å². The zero-order valence-corrected chi connectivity index (χ0v) is 12.8. The molecule has 0 saturated carbocycles. The van der Waals surface area contributed by atoms with Crippen LogP contribution in [0.2, 0.25) is 0 Å². The van der Waals surface area contributed by atoms with Crippen molar-refractivity contribution in [1.29, 1.82) is 0 Å². The number of halogens is 2. The molecule has 0 spiro atoms. The SMILES string of the molecule is COc1cc2c(cc1F)nc(CCCl)n2C1CCSC1. The average Bonchev–Trinajstić information content (AvgIpc) is 3.04. The third-order valence-corrected chi connectivity index (χ3v) is 4.96. The molecule has 1 unspecified atom stereocenters. The quantitative estimate of drug-likeness (QED) is 0.806. The van der Waals surface area contributed by atoms with Gasteiger partial charge in [0.25, 0.3) is 0 Å². The Morgan fingerprint density at radius 3 is 3.05 bits per heavy atom. The van der Waals surface area contributed by atoms with Gasteiger partial charge < -0.3 is 9.30 Å². The van der Waals surface area contributed by atoms with Crippen LogP contribution in [-0.4, -0.2) is 34.0 Å². The molecular weight excluding hydrogens is 299 g/mol. The summed E-state index contributed by atoms with van der Waals surface area (Å²) in [5, 5.41) is 0. The molecule has 2 aromatic rings. The number of nitrogens with zero attached hydrogens (tertiary/aromatic N) is 2. The van der Waals surface area contributed by atoms with Gasteiger partial charge in [0.05, 0.1) is 18.1 Å². The number of aromatic nitrogens is 2. The van der Waals surface area contributed by atoms with Crippen molar-refractivity contribution in [3.63, 3.8) is 0 Å². The molecule has 0 amide bonds. The van der Waals surface area contributed by atoms with Crippen molar-refractivity contribution in [2.75, 3.05) is 24.5 Å². The second-order valence-corrected chi connectivity index (χ2v) is 6.36. The van der Waals surface area contributed by atoms with Crippen molar-refractivity contribution in [3.8, 4) is 5.75 Å². The molecule has 20 heavy (non-hydrogen) atoms. The van der Waals surface area contributed by atoms with E-state index in [0.29, 0.717) is 23.9 Å². The highest BCUT2D eigenvalue weighted by molar-refractivity contribution is 7.99. The number of rotatable bonds is 4. The summed E-state index contributed by atoms with van der Waals surface area (Å²) >= 11 is 7.82. The summed E-state index contributed by atoms with van der Waals surface area (Å²) in [6.45, 7) is 0. The van der Waals surface area contributed by atoms with E-state index in [-0.39, 0.29) is 11.6 Å². The topological polar surface area (TPSA) is 27.1 Å². The minimum atomic E-state index is -0.372. The highest BCUT2D eigenvalue weighted by Gasteiger charge is 2.23. The molecule has 1 saturated heterocycles. The molecular formula is C14H16ClFN2OS. The van der Waals surface area contributed by atoms with Crippen molar-refractivity contribution < 1.29 is 9.13 Å². The van der Waals surface area contributed by atoms with Crippen molar-refractivity contribution in [3.05, 3.63) is 23.8 Å². The summed E-state index contributed by atoms with van der Waals surface area (Å²) < 4.78 is 21.1. The van der Waals surface area contributed by atoms with E-state index in [1.165, 1.54) is 13.2 Å². The fourth-order valence-corrected chi connectivity index (χ4v) is 4.06. The molecule has 1 aromatic heterocycles. The Labute approximate surface area is 126 Å². The standard InChI is InChI=1S/C14H16ClFN2OS/c1-19-13-7-12-11(6-10(13)16)17-14(2-4-15)18(12)9-3-5-20-8-9/h6-7,9H,2-5,8H2,1H3. The molecule has 0 bridgehead atoms. The van der Waals surface area contributed by atoms with Crippen LogP contribution in [0.1, 0.15) is 18.3 Å². The molecule has 3 nitrogen and oxygen atoms in total. The third kappa shape index (κ3) is 2.37. The number of benzene rings is 1. The number of fused-ring (bicyclic) bond motifs is 1. The molecule has 1 fully saturated rings. The Bertz CT molecular complexity index is 625. The molecule has 1 aliphatic rings. The van der Waals surface area contributed by atoms with Gasteiger partial charge in [0.2, 0.25) is 0 Å². The lowest BCUT2D eigenvalue weighted by molar-refractivity contribution is 0.387. The van der Waals surface area contributed by atoms with Gasteiger partial charge in [0.15, 0.2) is 11.6 Å². The maximum absolute atomic E-state index is 13.8. The van der Waals surface area contributed by atoms with E-state index in [9.17, 15) is 4.39 Å². The maximum Gasteiger partial charge on any atom is 0.167 e. The van der Waals surface area contributed by atoms with E-state index in [1.54, 1.807) is 6.07 Å². The molecule has 3 rings (SSSR count). The van der Waals surface area contributed by atoms with Gasteiger partial charge in [0.1, 0.15) is 5.82 Å². The molecule has 108 valence electrons. The number of ether oxygens (including phenoxy) is 1. The first kappa shape index (κ1) is 14.0. The highest BCUT2D eigenvalue weighted by atomic mass is 35.5. The van der Waals surface area contributed by atoms with Crippen molar-refractivity contribution in [2.24, 2.45) is 0 Å². The summed E-state index contributed by atoms with van der Waals surface area (Å²) in [6, 6.07) is 3.61. The predicted molar refractivity (Wildman–Crippen MR) is 81.6 cm³/mol. The van der Waals surface area contributed by atoms with Gasteiger partial charge in [-0.3, -0.25) is 0 Å². The smallest absolute Gasteiger partial charge is 0.167 e. The minimum absolute atomic E-state index is 0.265. The Morgan fingerprint density at radius 2 is 2.40 bits per heavy atom. The fourth-order valence-electron chi connectivity index (χ4n) is 2.70. The van der Waals surface area contributed by atoms with Gasteiger partial charge in [-0.05, 0) is 12.2 Å². The predicted octanol–water partition coefficient (Wildman–Crippen LogP) is 3.64. The number of thioether (sulfide) groups is 1. The Balaban J connectivity index is 2.18. The second kappa shape index (κ2) is 5.82. The van der Waals surface area contributed by atoms with Crippen LogP contribution in [0.5, 0.6) is 5.75 Å². The van der Waals surface area contributed by atoms with Crippen LogP contribution in [-0.2, 0) is 6.42 Å². The van der Waals surface area contributed by atoms with Crippen molar-refractivity contribution in [2.45, 2.75) is 18.9 Å². The maximum atomic E-state index is 13.8. The first-order valence-corrected chi connectivity index (χ1v) is 8.31. The second-order valence-electron chi connectivity index (χ2n) is 4.83. The van der Waals surface area contributed by atoms with Crippen LogP contribution < -0.4 is 4.74 Å². The lowest BCUT2D eigenvalue weighted by Crippen LogP contribution is -2.12. The van der Waals surface area contributed by atoms with E-state index in [4.69, 9.17) is 16.3 Å².